The lowest BCUT2D eigenvalue weighted by molar-refractivity contribution is -0.122. The fraction of sp³-hybridized carbons (Fsp3) is 0.480. The molecule has 1 aliphatic heterocycles. The third-order valence-electron chi connectivity index (χ3n) is 6.07. The number of benzene rings is 1. The first kappa shape index (κ1) is 22.9. The average Bonchev–Trinajstić information content (AvgIpc) is 3.42. The van der Waals surface area contributed by atoms with E-state index in [0.29, 0.717) is 24.6 Å². The van der Waals surface area contributed by atoms with Gasteiger partial charge in [-0.15, -0.1) is 0 Å². The van der Waals surface area contributed by atoms with Gasteiger partial charge in [0.25, 0.3) is 0 Å². The van der Waals surface area contributed by atoms with Crippen molar-refractivity contribution in [1.82, 2.24) is 10.3 Å². The number of hydrogen-bond donors (Lipinski definition) is 2. The number of carbonyl (C=O) groups excluding carboxylic acids is 2. The monoisotopic (exact) mass is 453 g/mol. The minimum Gasteiger partial charge on any atom is -0.492 e. The highest BCUT2D eigenvalue weighted by Crippen LogP contribution is 2.58. The number of nitrogens with one attached hydrogen (secondary N) is 2. The highest BCUT2D eigenvalue weighted by Gasteiger charge is 2.52. The van der Waals surface area contributed by atoms with Crippen molar-refractivity contribution in [2.24, 2.45) is 0 Å². The number of hydrogen-bond acceptors (Lipinski definition) is 6. The molecule has 2 heterocycles. The van der Waals surface area contributed by atoms with Crippen molar-refractivity contribution in [2.45, 2.75) is 70.4 Å². The summed E-state index contributed by atoms with van der Waals surface area (Å²) in [5.74, 6) is 1.70. The number of amides is 2. The molecule has 8 heteroatoms. The molecule has 0 saturated heterocycles. The molecule has 1 saturated carbocycles. The molecule has 8 nitrogen and oxygen atoms in total. The Morgan fingerprint density at radius 1 is 1.15 bits per heavy atom. The molecular formula is C25H31N3O5. The maximum Gasteiger partial charge on any atom is 0.408 e. The van der Waals surface area contributed by atoms with Crippen LogP contribution < -0.4 is 20.1 Å². The van der Waals surface area contributed by atoms with Crippen molar-refractivity contribution in [3.63, 3.8) is 0 Å². The molecular weight excluding hydrogens is 422 g/mol. The minimum atomic E-state index is -1.14. The molecule has 0 bridgehead atoms. The van der Waals surface area contributed by atoms with Gasteiger partial charge in [-0.1, -0.05) is 13.0 Å². The summed E-state index contributed by atoms with van der Waals surface area (Å²) in [7, 11) is 0. The SMILES string of the molecule is CCC(C)(NC(=O)OC(C)(C)C)C(=O)Nc1ccc(Oc2cccc3c2C2(CC2)CO3)nc1. The fourth-order valence-corrected chi connectivity index (χ4v) is 3.80. The van der Waals surface area contributed by atoms with Crippen LogP contribution in [-0.4, -0.2) is 34.7 Å². The summed E-state index contributed by atoms with van der Waals surface area (Å²) in [6, 6.07) is 9.23. The van der Waals surface area contributed by atoms with Crippen molar-refractivity contribution >= 4 is 17.7 Å². The Labute approximate surface area is 194 Å². The maximum atomic E-state index is 12.9. The molecule has 1 fully saturated rings. The molecule has 2 amide bonds. The van der Waals surface area contributed by atoms with Gasteiger partial charge in [0.05, 0.1) is 18.5 Å². The van der Waals surface area contributed by atoms with Gasteiger partial charge >= 0.3 is 6.09 Å². The van der Waals surface area contributed by atoms with Gasteiger partial charge in [0.15, 0.2) is 0 Å². The Balaban J connectivity index is 1.41. The normalized spacial score (nSPS) is 17.4. The van der Waals surface area contributed by atoms with Gasteiger partial charge in [0.1, 0.15) is 22.6 Å². The van der Waals surface area contributed by atoms with E-state index in [2.05, 4.69) is 15.6 Å². The lowest BCUT2D eigenvalue weighted by atomic mass is 9.97. The van der Waals surface area contributed by atoms with Gasteiger partial charge in [-0.2, -0.15) is 0 Å². The predicted octanol–water partition coefficient (Wildman–Crippen LogP) is 4.93. The van der Waals surface area contributed by atoms with Crippen LogP contribution in [0.3, 0.4) is 0 Å². The van der Waals surface area contributed by atoms with Crippen molar-refractivity contribution in [2.75, 3.05) is 11.9 Å². The van der Waals surface area contributed by atoms with Crippen LogP contribution in [0.25, 0.3) is 0 Å². The lowest BCUT2D eigenvalue weighted by Crippen LogP contribution is -2.55. The summed E-state index contributed by atoms with van der Waals surface area (Å²) in [6.45, 7) is 9.49. The van der Waals surface area contributed by atoms with Gasteiger partial charge in [-0.05, 0) is 65.2 Å². The number of fused-ring (bicyclic) bond motifs is 2. The second-order valence-corrected chi connectivity index (χ2v) is 9.95. The smallest absolute Gasteiger partial charge is 0.408 e. The Bertz CT molecular complexity index is 1060. The number of nitrogens with zero attached hydrogens (tertiary/aromatic N) is 1. The summed E-state index contributed by atoms with van der Waals surface area (Å²) in [5, 5.41) is 5.48. The summed E-state index contributed by atoms with van der Waals surface area (Å²) in [6.07, 6.45) is 3.48. The molecule has 1 spiro atoms. The van der Waals surface area contributed by atoms with E-state index in [9.17, 15) is 9.59 Å². The molecule has 33 heavy (non-hydrogen) atoms. The quantitative estimate of drug-likeness (QED) is 0.643. The van der Waals surface area contributed by atoms with E-state index >= 15 is 0 Å². The predicted molar refractivity (Wildman–Crippen MR) is 124 cm³/mol. The van der Waals surface area contributed by atoms with E-state index in [0.717, 1.165) is 29.9 Å². The minimum absolute atomic E-state index is 0.0889. The van der Waals surface area contributed by atoms with Crippen LogP contribution in [-0.2, 0) is 14.9 Å². The van der Waals surface area contributed by atoms with Crippen LogP contribution in [0.1, 0.15) is 59.4 Å². The molecule has 1 aliphatic carbocycles. The number of alkyl carbamates (subject to hydrolysis) is 1. The average molecular weight is 454 g/mol. The van der Waals surface area contributed by atoms with E-state index < -0.39 is 17.2 Å². The number of rotatable bonds is 6. The highest BCUT2D eigenvalue weighted by molar-refractivity contribution is 5.99. The van der Waals surface area contributed by atoms with E-state index in [1.165, 1.54) is 6.20 Å². The zero-order valence-corrected chi connectivity index (χ0v) is 19.8. The summed E-state index contributed by atoms with van der Waals surface area (Å²) in [5.41, 5.74) is -0.0832. The summed E-state index contributed by atoms with van der Waals surface area (Å²) >= 11 is 0. The van der Waals surface area contributed by atoms with Crippen LogP contribution in [0.2, 0.25) is 0 Å². The lowest BCUT2D eigenvalue weighted by Gasteiger charge is -2.30. The Morgan fingerprint density at radius 3 is 2.52 bits per heavy atom. The zero-order chi connectivity index (χ0) is 23.9. The van der Waals surface area contributed by atoms with Gasteiger partial charge in [-0.3, -0.25) is 4.79 Å². The third kappa shape index (κ3) is 4.89. The van der Waals surface area contributed by atoms with E-state index in [4.69, 9.17) is 14.2 Å². The summed E-state index contributed by atoms with van der Waals surface area (Å²) in [4.78, 5) is 29.4. The molecule has 1 unspecified atom stereocenters. The van der Waals surface area contributed by atoms with Crippen molar-refractivity contribution in [3.8, 4) is 17.4 Å². The van der Waals surface area contributed by atoms with Gasteiger partial charge < -0.3 is 24.8 Å². The van der Waals surface area contributed by atoms with Gasteiger partial charge in [0, 0.05) is 17.0 Å². The van der Waals surface area contributed by atoms with Crippen molar-refractivity contribution in [1.29, 1.82) is 0 Å². The van der Waals surface area contributed by atoms with E-state index in [1.54, 1.807) is 39.8 Å². The molecule has 2 aromatic rings. The van der Waals surface area contributed by atoms with Crippen LogP contribution in [0.15, 0.2) is 36.5 Å². The van der Waals surface area contributed by atoms with Crippen LogP contribution >= 0.6 is 0 Å². The molecule has 176 valence electrons. The van der Waals surface area contributed by atoms with Crippen LogP contribution in [0.4, 0.5) is 10.5 Å². The molecule has 1 aromatic carbocycles. The van der Waals surface area contributed by atoms with Gasteiger partial charge in [0.2, 0.25) is 11.8 Å². The van der Waals surface area contributed by atoms with Gasteiger partial charge in [-0.25, -0.2) is 9.78 Å². The molecule has 0 radical (unpaired) electrons. The second kappa shape index (κ2) is 8.24. The number of aromatic nitrogens is 1. The van der Waals surface area contributed by atoms with Crippen LogP contribution in [0, 0.1) is 0 Å². The first-order chi connectivity index (χ1) is 15.5. The second-order valence-electron chi connectivity index (χ2n) is 9.95. The Hall–Kier alpha value is -3.29. The fourth-order valence-electron chi connectivity index (χ4n) is 3.80. The number of pyridine rings is 1. The third-order valence-corrected chi connectivity index (χ3v) is 6.07. The number of ether oxygens (including phenoxy) is 3. The first-order valence-electron chi connectivity index (χ1n) is 11.3. The standard InChI is InChI=1S/C25H31N3O5/c1-6-24(5,28-22(30)33-23(2,3)4)21(29)27-16-10-11-19(26-14-16)32-18-9-7-8-17-20(18)25(12-13-25)15-31-17/h7-11,14H,6,12-13,15H2,1-5H3,(H,27,29)(H,28,30). The van der Waals surface area contributed by atoms with E-state index in [1.807, 2.05) is 25.1 Å². The van der Waals surface area contributed by atoms with E-state index in [-0.39, 0.29) is 11.3 Å². The highest BCUT2D eigenvalue weighted by atomic mass is 16.6. The maximum absolute atomic E-state index is 12.9. The molecule has 2 aliphatic rings. The molecule has 1 aromatic heterocycles. The zero-order valence-electron chi connectivity index (χ0n) is 19.8. The molecule has 1 atom stereocenters. The van der Waals surface area contributed by atoms with Crippen molar-refractivity contribution in [3.05, 3.63) is 42.1 Å². The Kier molecular flexibility index (Phi) is 5.72. The van der Waals surface area contributed by atoms with Crippen molar-refractivity contribution < 1.29 is 23.8 Å². The summed E-state index contributed by atoms with van der Waals surface area (Å²) < 4.78 is 17.2. The first-order valence-corrected chi connectivity index (χ1v) is 11.3. The molecule has 4 rings (SSSR count). The largest absolute Gasteiger partial charge is 0.492 e. The topological polar surface area (TPSA) is 98.8 Å². The van der Waals surface area contributed by atoms with Crippen LogP contribution in [0.5, 0.6) is 17.4 Å². The number of carbonyl (C=O) groups is 2. The number of anilines is 1. The molecule has 2 N–H and O–H groups in total. The Morgan fingerprint density at radius 2 is 1.91 bits per heavy atom.